The van der Waals surface area contributed by atoms with Gasteiger partial charge in [-0.1, -0.05) is 6.07 Å². The number of fused-ring (bicyclic) bond motifs is 3. The van der Waals surface area contributed by atoms with Crippen molar-refractivity contribution in [2.24, 2.45) is 4.36 Å². The minimum atomic E-state index is -3.63. The van der Waals surface area contributed by atoms with Crippen molar-refractivity contribution in [2.45, 2.75) is 56.1 Å². The first kappa shape index (κ1) is 20.8. The second kappa shape index (κ2) is 8.11. The molecule has 0 bridgehead atoms. The zero-order chi connectivity index (χ0) is 22.3. The maximum absolute atomic E-state index is 13.6. The molecule has 2 unspecified atom stereocenters. The Bertz CT molecular complexity index is 1220. The molecule has 2 heterocycles. The number of aryl methyl sites for hydroxylation is 2. The predicted molar refractivity (Wildman–Crippen MR) is 116 cm³/mol. The number of nitrogens with zero attached hydrogens (tertiary/aromatic N) is 4. The molecule has 10 nitrogen and oxygen atoms in total. The van der Waals surface area contributed by atoms with Crippen molar-refractivity contribution >= 4 is 21.6 Å². The summed E-state index contributed by atoms with van der Waals surface area (Å²) in [7, 11) is -2.06. The molecule has 2 N–H and O–H groups in total. The van der Waals surface area contributed by atoms with Gasteiger partial charge in [0.05, 0.1) is 12.7 Å². The molecule has 3 aliphatic rings. The second-order valence-corrected chi connectivity index (χ2v) is 10.0. The van der Waals surface area contributed by atoms with Gasteiger partial charge in [0, 0.05) is 12.8 Å². The number of benzene rings is 1. The van der Waals surface area contributed by atoms with Gasteiger partial charge in [0.25, 0.3) is 0 Å². The van der Waals surface area contributed by atoms with Gasteiger partial charge in [0.1, 0.15) is 12.7 Å². The van der Waals surface area contributed by atoms with Gasteiger partial charge in [-0.2, -0.15) is 10.4 Å². The SMILES string of the molecule is COC1COc2c(S(=O)(=NC(=O)Nc3c4c(cc5c3CCC5)CCC4)NC#N)cnn2C1. The number of carbonyl (C=O) groups is 1. The minimum Gasteiger partial charge on any atom is -0.474 e. The van der Waals surface area contributed by atoms with Crippen molar-refractivity contribution in [1.29, 1.82) is 5.26 Å². The van der Waals surface area contributed by atoms with E-state index >= 15 is 0 Å². The van der Waals surface area contributed by atoms with Crippen LogP contribution in [0.2, 0.25) is 0 Å². The van der Waals surface area contributed by atoms with E-state index in [-0.39, 0.29) is 23.5 Å². The van der Waals surface area contributed by atoms with Crippen LogP contribution >= 0.6 is 0 Å². The van der Waals surface area contributed by atoms with Crippen LogP contribution in [0.5, 0.6) is 5.88 Å². The Morgan fingerprint density at radius 1 is 1.31 bits per heavy atom. The number of hydrogen-bond donors (Lipinski definition) is 2. The first-order chi connectivity index (χ1) is 15.5. The predicted octanol–water partition coefficient (Wildman–Crippen LogP) is 2.31. The van der Waals surface area contributed by atoms with Gasteiger partial charge < -0.3 is 14.8 Å². The summed E-state index contributed by atoms with van der Waals surface area (Å²) >= 11 is 0. The maximum atomic E-state index is 13.6. The molecule has 2 amide bonds. The van der Waals surface area contributed by atoms with E-state index < -0.39 is 15.9 Å². The lowest BCUT2D eigenvalue weighted by molar-refractivity contribution is 0.0165. The first-order valence-corrected chi connectivity index (χ1v) is 12.2. The van der Waals surface area contributed by atoms with E-state index in [4.69, 9.17) is 9.47 Å². The van der Waals surface area contributed by atoms with E-state index in [0.717, 1.165) is 55.3 Å². The molecule has 0 saturated carbocycles. The fraction of sp³-hybridized carbons (Fsp3) is 0.476. The molecule has 0 fully saturated rings. The van der Waals surface area contributed by atoms with Crippen LogP contribution in [-0.4, -0.2) is 39.8 Å². The summed E-state index contributed by atoms with van der Waals surface area (Å²) in [4.78, 5) is 13.0. The van der Waals surface area contributed by atoms with E-state index in [0.29, 0.717) is 6.54 Å². The number of hydrogen-bond acceptors (Lipinski definition) is 6. The summed E-state index contributed by atoms with van der Waals surface area (Å²) < 4.78 is 32.2. The number of nitrogens with one attached hydrogen (secondary N) is 2. The zero-order valence-electron chi connectivity index (χ0n) is 17.7. The van der Waals surface area contributed by atoms with E-state index in [2.05, 4.69) is 25.6 Å². The number of aromatic nitrogens is 2. The van der Waals surface area contributed by atoms with Crippen LogP contribution in [0.25, 0.3) is 0 Å². The number of urea groups is 1. The minimum absolute atomic E-state index is 0.0623. The molecule has 2 aromatic rings. The van der Waals surface area contributed by atoms with Gasteiger partial charge >= 0.3 is 6.03 Å². The van der Waals surface area contributed by atoms with Crippen LogP contribution in [0.4, 0.5) is 10.5 Å². The third kappa shape index (κ3) is 3.49. The molecule has 2 aliphatic carbocycles. The maximum Gasteiger partial charge on any atom is 0.355 e. The Kier molecular flexibility index (Phi) is 5.27. The summed E-state index contributed by atoms with van der Waals surface area (Å²) in [6, 6.07) is 1.50. The number of carbonyl (C=O) groups excluding carboxylic acids is 1. The van der Waals surface area contributed by atoms with Gasteiger partial charge in [-0.3, -0.25) is 0 Å². The number of methoxy groups -OCH3 is 1. The number of ether oxygens (including phenoxy) is 2. The summed E-state index contributed by atoms with van der Waals surface area (Å²) in [5.74, 6) is 0.212. The van der Waals surface area contributed by atoms with E-state index in [1.807, 2.05) is 0 Å². The average Bonchev–Trinajstić information content (AvgIpc) is 3.52. The van der Waals surface area contributed by atoms with Crippen LogP contribution in [0.1, 0.15) is 35.1 Å². The third-order valence-electron chi connectivity index (χ3n) is 6.27. The number of amides is 2. The van der Waals surface area contributed by atoms with Crippen molar-refractivity contribution in [2.75, 3.05) is 19.0 Å². The molecule has 1 aromatic heterocycles. The lowest BCUT2D eigenvalue weighted by Crippen LogP contribution is -2.32. The standard InChI is InChI=1S/C21H24N6O4S/c1-30-15-10-27-20(31-11-15)18(9-23-27)32(29,24-12-22)26-21(28)25-19-16-6-2-4-13(16)8-14-5-3-7-17(14)19/h8-9,15H,2-7,10-11H2,1H3,(H2,24,25,26,28,29). The van der Waals surface area contributed by atoms with Gasteiger partial charge in [0.2, 0.25) is 5.88 Å². The van der Waals surface area contributed by atoms with Crippen LogP contribution in [0, 0.1) is 11.5 Å². The molecule has 32 heavy (non-hydrogen) atoms. The smallest absolute Gasteiger partial charge is 0.355 e. The fourth-order valence-electron chi connectivity index (χ4n) is 4.79. The molecular weight excluding hydrogens is 432 g/mol. The van der Waals surface area contributed by atoms with E-state index in [9.17, 15) is 14.3 Å². The van der Waals surface area contributed by atoms with Crippen LogP contribution in [0.3, 0.4) is 0 Å². The molecule has 1 aromatic carbocycles. The molecule has 2 atom stereocenters. The molecule has 0 radical (unpaired) electrons. The quantitative estimate of drug-likeness (QED) is 0.536. The van der Waals surface area contributed by atoms with E-state index in [1.165, 1.54) is 22.0 Å². The van der Waals surface area contributed by atoms with Gasteiger partial charge in [-0.05, 0) is 60.8 Å². The topological polar surface area (TPSA) is 131 Å². The number of nitriles is 1. The van der Waals surface area contributed by atoms with Crippen molar-refractivity contribution in [3.63, 3.8) is 0 Å². The summed E-state index contributed by atoms with van der Waals surface area (Å²) in [6.45, 7) is 0.647. The highest BCUT2D eigenvalue weighted by atomic mass is 32.2. The second-order valence-electron chi connectivity index (χ2n) is 8.16. The molecule has 168 valence electrons. The van der Waals surface area contributed by atoms with Crippen molar-refractivity contribution < 1.29 is 18.5 Å². The van der Waals surface area contributed by atoms with Gasteiger partial charge in [0.15, 0.2) is 21.0 Å². The summed E-state index contributed by atoms with van der Waals surface area (Å²) in [5.41, 5.74) is 5.63. The number of anilines is 1. The molecule has 0 spiro atoms. The van der Waals surface area contributed by atoms with Crippen LogP contribution in [0.15, 0.2) is 21.5 Å². The Labute approximate surface area is 186 Å². The highest BCUT2D eigenvalue weighted by Gasteiger charge is 2.30. The summed E-state index contributed by atoms with van der Waals surface area (Å²) in [6.07, 6.45) is 8.67. The molecule has 11 heteroatoms. The van der Waals surface area contributed by atoms with Gasteiger partial charge in [-0.25, -0.2) is 18.4 Å². The molecule has 5 rings (SSSR count). The molecular formula is C21H24N6O4S. The highest BCUT2D eigenvalue weighted by Crippen LogP contribution is 2.39. The van der Waals surface area contributed by atoms with Crippen LogP contribution < -0.4 is 14.8 Å². The highest BCUT2D eigenvalue weighted by molar-refractivity contribution is 7.92. The van der Waals surface area contributed by atoms with E-state index in [1.54, 1.807) is 13.3 Å². The average molecular weight is 457 g/mol. The van der Waals surface area contributed by atoms with Crippen molar-refractivity contribution in [1.82, 2.24) is 14.5 Å². The first-order valence-electron chi connectivity index (χ1n) is 10.6. The lowest BCUT2D eigenvalue weighted by Gasteiger charge is -2.23. The van der Waals surface area contributed by atoms with Crippen molar-refractivity contribution in [3.05, 3.63) is 34.5 Å². The zero-order valence-corrected chi connectivity index (χ0v) is 18.5. The Morgan fingerprint density at radius 2 is 2.03 bits per heavy atom. The largest absolute Gasteiger partial charge is 0.474 e. The molecule has 0 saturated heterocycles. The lowest BCUT2D eigenvalue weighted by atomic mass is 9.99. The Balaban J connectivity index is 1.50. The Hall–Kier alpha value is -3.10. The Morgan fingerprint density at radius 3 is 2.69 bits per heavy atom. The number of rotatable bonds is 4. The summed E-state index contributed by atoms with van der Waals surface area (Å²) in [5, 5.41) is 16.3. The normalized spacial score (nSPS) is 20.2. The third-order valence-corrected chi connectivity index (χ3v) is 7.94. The monoisotopic (exact) mass is 456 g/mol. The van der Waals surface area contributed by atoms with Crippen molar-refractivity contribution in [3.8, 4) is 12.1 Å². The van der Waals surface area contributed by atoms with Gasteiger partial charge in [-0.15, -0.1) is 4.36 Å². The fourth-order valence-corrected chi connectivity index (χ4v) is 6.03. The van der Waals surface area contributed by atoms with Crippen LogP contribution in [-0.2, 0) is 46.9 Å². The molecule has 1 aliphatic heterocycles.